The molecule has 0 aromatic carbocycles. The Balaban J connectivity index is 2.29. The molecule has 6 nitrogen and oxygen atoms in total. The van der Waals surface area contributed by atoms with Gasteiger partial charge in [-0.15, -0.1) is 0 Å². The lowest BCUT2D eigenvalue weighted by molar-refractivity contribution is -0.146. The van der Waals surface area contributed by atoms with Gasteiger partial charge in [0.05, 0.1) is 11.5 Å². The highest BCUT2D eigenvalue weighted by Crippen LogP contribution is 2.34. The van der Waals surface area contributed by atoms with Crippen LogP contribution in [0.15, 0.2) is 26.1 Å². The van der Waals surface area contributed by atoms with Crippen LogP contribution in [0.2, 0.25) is 0 Å². The predicted octanol–water partition coefficient (Wildman–Crippen LogP) is 1.69. The number of aliphatic hydroxyl groups is 1. The number of halogens is 1. The van der Waals surface area contributed by atoms with Gasteiger partial charge in [-0.3, -0.25) is 9.69 Å². The summed E-state index contributed by atoms with van der Waals surface area (Å²) in [4.78, 5) is 24.3. The van der Waals surface area contributed by atoms with Crippen LogP contribution < -0.4 is 0 Å². The monoisotopic (exact) mass is 377 g/mol. The number of carbonyl (C=O) groups is 2. The quantitative estimate of drug-likeness (QED) is 0.609. The Bertz CT molecular complexity index is 612. The average molecular weight is 378 g/mol. The summed E-state index contributed by atoms with van der Waals surface area (Å²) in [5.74, 6) is -1.44. The molecule has 1 unspecified atom stereocenters. The molecule has 0 aliphatic carbocycles. The van der Waals surface area contributed by atoms with E-state index in [2.05, 4.69) is 15.9 Å². The molecule has 1 aromatic rings. The number of hydrogen-bond donors (Lipinski definition) is 2. The number of rotatable bonds is 4. The van der Waals surface area contributed by atoms with Crippen molar-refractivity contribution in [3.8, 4) is 0 Å². The lowest BCUT2D eigenvalue weighted by atomic mass is 10.2. The zero-order chi connectivity index (χ0) is 14.9. The van der Waals surface area contributed by atoms with Crippen molar-refractivity contribution in [3.05, 3.63) is 27.5 Å². The lowest BCUT2D eigenvalue weighted by Crippen LogP contribution is -2.46. The van der Waals surface area contributed by atoms with Crippen molar-refractivity contribution in [2.24, 2.45) is 0 Å². The zero-order valence-electron chi connectivity index (χ0n) is 9.78. The van der Waals surface area contributed by atoms with Gasteiger partial charge >= 0.3 is 5.97 Å². The minimum absolute atomic E-state index is 0.0910. The van der Waals surface area contributed by atoms with Crippen LogP contribution in [0.25, 0.3) is 6.08 Å². The van der Waals surface area contributed by atoms with E-state index in [-0.39, 0.29) is 9.23 Å². The van der Waals surface area contributed by atoms with E-state index in [1.807, 2.05) is 0 Å². The van der Waals surface area contributed by atoms with E-state index in [1.165, 1.54) is 6.08 Å². The maximum absolute atomic E-state index is 12.2. The minimum Gasteiger partial charge on any atom is -0.480 e. The van der Waals surface area contributed by atoms with Crippen molar-refractivity contribution in [1.29, 1.82) is 0 Å². The Hall–Kier alpha value is -1.16. The van der Waals surface area contributed by atoms with Crippen molar-refractivity contribution >= 4 is 62.2 Å². The molecule has 0 spiro atoms. The van der Waals surface area contributed by atoms with Crippen LogP contribution >= 0.6 is 39.9 Å². The van der Waals surface area contributed by atoms with E-state index in [4.69, 9.17) is 26.8 Å². The van der Waals surface area contributed by atoms with Crippen molar-refractivity contribution in [1.82, 2.24) is 4.90 Å². The molecule has 0 bridgehead atoms. The molecule has 106 valence electrons. The number of thioether (sulfide) groups is 1. The van der Waals surface area contributed by atoms with Crippen LogP contribution in [0.1, 0.15) is 5.76 Å². The number of amides is 1. The van der Waals surface area contributed by atoms with E-state index in [0.29, 0.717) is 10.4 Å². The first kappa shape index (κ1) is 15.2. The third-order valence-electron chi connectivity index (χ3n) is 2.46. The van der Waals surface area contributed by atoms with Crippen molar-refractivity contribution < 1.29 is 24.2 Å². The third-order valence-corrected chi connectivity index (χ3v) is 4.22. The van der Waals surface area contributed by atoms with Crippen LogP contribution in [0, 0.1) is 0 Å². The molecule has 2 heterocycles. The molecular weight excluding hydrogens is 370 g/mol. The maximum Gasteiger partial charge on any atom is 0.329 e. The number of furan rings is 1. The Morgan fingerprint density at radius 1 is 1.60 bits per heavy atom. The zero-order valence-corrected chi connectivity index (χ0v) is 13.0. The van der Waals surface area contributed by atoms with Crippen molar-refractivity contribution in [2.45, 2.75) is 6.04 Å². The van der Waals surface area contributed by atoms with Crippen molar-refractivity contribution in [3.63, 3.8) is 0 Å². The van der Waals surface area contributed by atoms with Crippen molar-refractivity contribution in [2.75, 3.05) is 6.61 Å². The Morgan fingerprint density at radius 3 is 2.80 bits per heavy atom. The number of carbonyl (C=O) groups excluding carboxylic acids is 1. The summed E-state index contributed by atoms with van der Waals surface area (Å²) in [5.41, 5.74) is 0. The number of thiocarbonyl (C=S) groups is 1. The van der Waals surface area contributed by atoms with Gasteiger partial charge in [-0.2, -0.15) is 0 Å². The molecule has 20 heavy (non-hydrogen) atoms. The Morgan fingerprint density at radius 2 is 2.30 bits per heavy atom. The van der Waals surface area contributed by atoms with Gasteiger partial charge in [-0.1, -0.05) is 24.0 Å². The molecular formula is C11H8BrNO5S2. The molecule has 1 aliphatic rings. The standard InChI is InChI=1S/C11H8BrNO5S2/c12-8-2-1-5(18-8)3-7-9(15)13(11(19)20-7)6(4-14)10(16)17/h1-3,6,14H,4H2,(H,16,17)/b7-3+. The topological polar surface area (TPSA) is 91.0 Å². The average Bonchev–Trinajstić information content (AvgIpc) is 2.89. The molecule has 1 fully saturated rings. The third kappa shape index (κ3) is 2.95. The van der Waals surface area contributed by atoms with Crippen LogP contribution in [-0.4, -0.2) is 44.0 Å². The molecule has 2 rings (SSSR count). The van der Waals surface area contributed by atoms with E-state index in [0.717, 1.165) is 16.7 Å². The second-order valence-corrected chi connectivity index (χ2v) is 6.19. The summed E-state index contributed by atoms with van der Waals surface area (Å²) in [5, 5.41) is 18.1. The molecule has 1 amide bonds. The molecule has 0 radical (unpaired) electrons. The highest BCUT2D eigenvalue weighted by molar-refractivity contribution is 9.10. The SMILES string of the molecule is O=C(O)C(CO)N1C(=O)/C(=C\c2ccc(Br)o2)SC1=S. The molecule has 1 atom stereocenters. The van der Waals surface area contributed by atoms with E-state index in [1.54, 1.807) is 12.1 Å². The van der Waals surface area contributed by atoms with Crippen LogP contribution in [0.3, 0.4) is 0 Å². The number of carboxylic acid groups (broad SMARTS) is 1. The first-order valence-electron chi connectivity index (χ1n) is 5.30. The lowest BCUT2D eigenvalue weighted by Gasteiger charge is -2.20. The van der Waals surface area contributed by atoms with Gasteiger partial charge in [-0.05, 0) is 28.1 Å². The Labute approximate surface area is 131 Å². The number of nitrogens with zero attached hydrogens (tertiary/aromatic N) is 1. The highest BCUT2D eigenvalue weighted by atomic mass is 79.9. The molecule has 1 aromatic heterocycles. The second-order valence-electron chi connectivity index (χ2n) is 3.73. The summed E-state index contributed by atoms with van der Waals surface area (Å²) in [7, 11) is 0. The summed E-state index contributed by atoms with van der Waals surface area (Å²) in [6, 6.07) is 1.94. The van der Waals surface area contributed by atoms with E-state index >= 15 is 0 Å². The number of aliphatic carboxylic acids is 1. The fourth-order valence-corrected chi connectivity index (χ4v) is 3.21. The van der Waals surface area contributed by atoms with Crippen LogP contribution in [0.4, 0.5) is 0 Å². The molecule has 9 heteroatoms. The maximum atomic E-state index is 12.2. The fourth-order valence-electron chi connectivity index (χ4n) is 1.55. The van der Waals surface area contributed by atoms with Gasteiger partial charge in [-0.25, -0.2) is 4.79 Å². The number of carboxylic acids is 1. The number of hydrogen-bond acceptors (Lipinski definition) is 6. The summed E-state index contributed by atoms with van der Waals surface area (Å²) in [6.07, 6.45) is 1.47. The molecule has 0 saturated carbocycles. The molecule has 2 N–H and O–H groups in total. The smallest absolute Gasteiger partial charge is 0.329 e. The summed E-state index contributed by atoms with van der Waals surface area (Å²) >= 11 is 9.10. The van der Waals surface area contributed by atoms with Gasteiger partial charge in [0.15, 0.2) is 10.7 Å². The predicted molar refractivity (Wildman–Crippen MR) is 79.9 cm³/mol. The van der Waals surface area contributed by atoms with Gasteiger partial charge in [0.25, 0.3) is 5.91 Å². The molecule has 1 saturated heterocycles. The fraction of sp³-hybridized carbons (Fsp3) is 0.182. The summed E-state index contributed by atoms with van der Waals surface area (Å²) < 4.78 is 5.85. The first-order valence-corrected chi connectivity index (χ1v) is 7.32. The largest absolute Gasteiger partial charge is 0.480 e. The highest BCUT2D eigenvalue weighted by Gasteiger charge is 2.40. The second kappa shape index (κ2) is 6.08. The first-order chi connectivity index (χ1) is 9.43. The minimum atomic E-state index is -1.38. The summed E-state index contributed by atoms with van der Waals surface area (Å²) in [6.45, 7) is -0.707. The van der Waals surface area contributed by atoms with E-state index < -0.39 is 24.5 Å². The van der Waals surface area contributed by atoms with Crippen LogP contribution in [-0.2, 0) is 9.59 Å². The normalized spacial score (nSPS) is 18.9. The van der Waals surface area contributed by atoms with Crippen LogP contribution in [0.5, 0.6) is 0 Å². The molecule has 1 aliphatic heterocycles. The van der Waals surface area contributed by atoms with Gasteiger partial charge in [0.1, 0.15) is 10.1 Å². The van der Waals surface area contributed by atoms with E-state index in [9.17, 15) is 9.59 Å². The van der Waals surface area contributed by atoms with Gasteiger partial charge < -0.3 is 14.6 Å². The Kier molecular flexibility index (Phi) is 4.63. The number of aliphatic hydroxyl groups excluding tert-OH is 1. The van der Waals surface area contributed by atoms with Gasteiger partial charge in [0, 0.05) is 6.08 Å². The van der Waals surface area contributed by atoms with Gasteiger partial charge in [0.2, 0.25) is 0 Å².